The molecule has 2 aromatic rings. The van der Waals surface area contributed by atoms with Crippen LogP contribution >= 0.6 is 0 Å². The average molecular weight is 329 g/mol. The van der Waals surface area contributed by atoms with Crippen LogP contribution in [0.25, 0.3) is 10.8 Å². The van der Waals surface area contributed by atoms with E-state index in [0.717, 1.165) is 10.8 Å². The molecule has 24 heavy (non-hydrogen) atoms. The molecule has 0 saturated carbocycles. The summed E-state index contributed by atoms with van der Waals surface area (Å²) in [7, 11) is 1.56. The van der Waals surface area contributed by atoms with E-state index >= 15 is 0 Å². The molecule has 126 valence electrons. The Morgan fingerprint density at radius 3 is 2.79 bits per heavy atom. The molecule has 7 nitrogen and oxygen atoms in total. The Morgan fingerprint density at radius 2 is 2.00 bits per heavy atom. The zero-order valence-corrected chi connectivity index (χ0v) is 13.3. The van der Waals surface area contributed by atoms with E-state index in [1.54, 1.807) is 19.2 Å². The van der Waals surface area contributed by atoms with E-state index in [9.17, 15) is 14.7 Å². The quantitative estimate of drug-likeness (QED) is 0.320. The molecule has 2 rings (SSSR count). The van der Waals surface area contributed by atoms with Gasteiger partial charge in [-0.05, 0) is 23.3 Å². The molecule has 0 heterocycles. The van der Waals surface area contributed by atoms with Gasteiger partial charge < -0.3 is 15.2 Å². The largest absolute Gasteiger partial charge is 0.507 e. The van der Waals surface area contributed by atoms with Gasteiger partial charge in [0.05, 0.1) is 6.21 Å². The van der Waals surface area contributed by atoms with E-state index in [-0.39, 0.29) is 5.75 Å². The van der Waals surface area contributed by atoms with Gasteiger partial charge in [0.1, 0.15) is 5.75 Å². The predicted octanol–water partition coefficient (Wildman–Crippen LogP) is 1.15. The van der Waals surface area contributed by atoms with Crippen molar-refractivity contribution in [3.8, 4) is 5.75 Å². The second-order valence-electron chi connectivity index (χ2n) is 5.02. The molecule has 2 amide bonds. The lowest BCUT2D eigenvalue weighted by molar-refractivity contribution is -0.139. The van der Waals surface area contributed by atoms with E-state index in [4.69, 9.17) is 4.74 Å². The number of carbonyl (C=O) groups excluding carboxylic acids is 2. The van der Waals surface area contributed by atoms with Crippen molar-refractivity contribution < 1.29 is 19.4 Å². The molecule has 0 aliphatic rings. The maximum absolute atomic E-state index is 11.6. The van der Waals surface area contributed by atoms with Crippen molar-refractivity contribution in [1.82, 2.24) is 10.7 Å². The molecule has 7 heteroatoms. The number of fused-ring (bicyclic) bond motifs is 1. The molecule has 0 bridgehead atoms. The second kappa shape index (κ2) is 8.64. The van der Waals surface area contributed by atoms with Gasteiger partial charge in [-0.15, -0.1) is 0 Å². The molecule has 2 aromatic carbocycles. The standard InChI is InChI=1S/C17H19N3O4/c1-24-10-4-9-18-16(22)17(23)20-19-11-14-13-6-3-2-5-12(13)7-8-15(14)21/h2-3,5-8,11,21H,4,9-10H2,1H3,(H,18,22)(H,20,23)/b19-11+. The minimum atomic E-state index is -0.872. The first-order valence-electron chi connectivity index (χ1n) is 7.44. The topological polar surface area (TPSA) is 100 Å². The van der Waals surface area contributed by atoms with Gasteiger partial charge in [-0.3, -0.25) is 9.59 Å². The molecule has 0 radical (unpaired) electrons. The van der Waals surface area contributed by atoms with E-state index < -0.39 is 11.8 Å². The van der Waals surface area contributed by atoms with Gasteiger partial charge in [-0.1, -0.05) is 30.3 Å². The minimum Gasteiger partial charge on any atom is -0.507 e. The fourth-order valence-corrected chi connectivity index (χ4v) is 2.12. The highest BCUT2D eigenvalue weighted by molar-refractivity contribution is 6.35. The third-order valence-electron chi connectivity index (χ3n) is 3.32. The number of rotatable bonds is 6. The van der Waals surface area contributed by atoms with Crippen LogP contribution in [0.3, 0.4) is 0 Å². The van der Waals surface area contributed by atoms with Gasteiger partial charge in [0.15, 0.2) is 0 Å². The number of phenolic OH excluding ortho intramolecular Hbond substituents is 1. The Hall–Kier alpha value is -2.93. The van der Waals surface area contributed by atoms with Crippen molar-refractivity contribution in [2.24, 2.45) is 5.10 Å². The summed E-state index contributed by atoms with van der Waals surface area (Å²) >= 11 is 0. The summed E-state index contributed by atoms with van der Waals surface area (Å²) in [4.78, 5) is 23.2. The highest BCUT2D eigenvalue weighted by Crippen LogP contribution is 2.25. The number of methoxy groups -OCH3 is 1. The molecule has 0 spiro atoms. The summed E-state index contributed by atoms with van der Waals surface area (Å²) in [5.74, 6) is -1.61. The van der Waals surface area contributed by atoms with Crippen LogP contribution < -0.4 is 10.7 Å². The number of hydrogen-bond acceptors (Lipinski definition) is 5. The normalized spacial score (nSPS) is 10.9. The van der Waals surface area contributed by atoms with Crippen LogP contribution in [0.5, 0.6) is 5.75 Å². The molecule has 0 unspecified atom stereocenters. The number of nitrogens with one attached hydrogen (secondary N) is 2. The van der Waals surface area contributed by atoms with Crippen molar-refractivity contribution in [2.75, 3.05) is 20.3 Å². The maximum Gasteiger partial charge on any atom is 0.329 e. The molecule has 3 N–H and O–H groups in total. The van der Waals surface area contributed by atoms with Crippen molar-refractivity contribution in [2.45, 2.75) is 6.42 Å². The van der Waals surface area contributed by atoms with Crippen molar-refractivity contribution in [3.05, 3.63) is 42.0 Å². The number of nitrogens with zero attached hydrogens (tertiary/aromatic N) is 1. The molecule has 0 fully saturated rings. The number of aromatic hydroxyl groups is 1. The van der Waals surface area contributed by atoms with Crippen LogP contribution in [-0.2, 0) is 14.3 Å². The minimum absolute atomic E-state index is 0.0377. The summed E-state index contributed by atoms with van der Waals surface area (Å²) in [5.41, 5.74) is 2.61. The number of amides is 2. The zero-order valence-electron chi connectivity index (χ0n) is 13.3. The monoisotopic (exact) mass is 329 g/mol. The van der Waals surface area contributed by atoms with Crippen molar-refractivity contribution in [3.63, 3.8) is 0 Å². The lowest BCUT2D eigenvalue weighted by Gasteiger charge is -2.05. The Kier molecular flexibility index (Phi) is 6.27. The molecule has 0 saturated heterocycles. The first-order valence-corrected chi connectivity index (χ1v) is 7.44. The highest BCUT2D eigenvalue weighted by atomic mass is 16.5. The lowest BCUT2D eigenvalue weighted by Crippen LogP contribution is -2.38. The Balaban J connectivity index is 1.98. The third kappa shape index (κ3) is 4.53. The van der Waals surface area contributed by atoms with E-state index in [1.165, 1.54) is 6.21 Å². The zero-order chi connectivity index (χ0) is 17.4. The Morgan fingerprint density at radius 1 is 1.21 bits per heavy atom. The molecule has 0 aliphatic carbocycles. The maximum atomic E-state index is 11.6. The van der Waals surface area contributed by atoms with Gasteiger partial charge >= 0.3 is 11.8 Å². The fourth-order valence-electron chi connectivity index (χ4n) is 2.12. The average Bonchev–Trinajstić information content (AvgIpc) is 2.60. The summed E-state index contributed by atoms with van der Waals surface area (Å²) < 4.78 is 4.85. The van der Waals surface area contributed by atoms with Crippen LogP contribution in [0.4, 0.5) is 0 Å². The first-order chi connectivity index (χ1) is 11.6. The van der Waals surface area contributed by atoms with Gasteiger partial charge in [-0.2, -0.15) is 5.10 Å². The molecular weight excluding hydrogens is 310 g/mol. The lowest BCUT2D eigenvalue weighted by atomic mass is 10.0. The number of carbonyl (C=O) groups is 2. The SMILES string of the molecule is COCCCNC(=O)C(=O)N/N=C/c1c(O)ccc2ccccc12. The number of benzene rings is 2. The first kappa shape index (κ1) is 17.4. The number of hydrogen-bond donors (Lipinski definition) is 3. The van der Waals surface area contributed by atoms with Gasteiger partial charge in [0.2, 0.25) is 0 Å². The van der Waals surface area contributed by atoms with Crippen LogP contribution in [0, 0.1) is 0 Å². The molecule has 0 aliphatic heterocycles. The number of phenols is 1. The van der Waals surface area contributed by atoms with E-state index in [2.05, 4.69) is 15.8 Å². The third-order valence-corrected chi connectivity index (χ3v) is 3.32. The fraction of sp³-hybridized carbons (Fsp3) is 0.235. The van der Waals surface area contributed by atoms with Crippen LogP contribution in [0.2, 0.25) is 0 Å². The Labute approximate surface area is 139 Å². The summed E-state index contributed by atoms with van der Waals surface area (Å²) in [6.45, 7) is 0.842. The van der Waals surface area contributed by atoms with E-state index in [0.29, 0.717) is 25.1 Å². The summed E-state index contributed by atoms with van der Waals surface area (Å²) in [6, 6.07) is 10.8. The smallest absolute Gasteiger partial charge is 0.329 e. The van der Waals surface area contributed by atoms with Crippen molar-refractivity contribution >= 4 is 28.8 Å². The van der Waals surface area contributed by atoms with Gasteiger partial charge in [-0.25, -0.2) is 5.43 Å². The van der Waals surface area contributed by atoms with Gasteiger partial charge in [0, 0.05) is 25.8 Å². The second-order valence-corrected chi connectivity index (χ2v) is 5.02. The van der Waals surface area contributed by atoms with Crippen LogP contribution in [0.1, 0.15) is 12.0 Å². The molecular formula is C17H19N3O4. The Bertz CT molecular complexity index is 759. The van der Waals surface area contributed by atoms with E-state index in [1.807, 2.05) is 24.3 Å². The van der Waals surface area contributed by atoms with Crippen LogP contribution in [-0.4, -0.2) is 43.4 Å². The predicted molar refractivity (Wildman–Crippen MR) is 90.9 cm³/mol. The van der Waals surface area contributed by atoms with Crippen LogP contribution in [0.15, 0.2) is 41.5 Å². The molecule has 0 aromatic heterocycles. The molecule has 0 atom stereocenters. The highest BCUT2D eigenvalue weighted by Gasteiger charge is 2.11. The van der Waals surface area contributed by atoms with Gasteiger partial charge in [0.25, 0.3) is 0 Å². The number of hydrazone groups is 1. The number of ether oxygens (including phenoxy) is 1. The summed E-state index contributed by atoms with van der Waals surface area (Å²) in [5, 5.41) is 17.9. The van der Waals surface area contributed by atoms with Crippen molar-refractivity contribution in [1.29, 1.82) is 0 Å². The summed E-state index contributed by atoms with van der Waals surface area (Å²) in [6.07, 6.45) is 1.93.